The predicted molar refractivity (Wildman–Crippen MR) is 106 cm³/mol. The zero-order valence-electron chi connectivity index (χ0n) is 16.5. The molecule has 0 spiro atoms. The third-order valence-electron chi connectivity index (χ3n) is 4.46. The third kappa shape index (κ3) is 4.57. The highest BCUT2D eigenvalue weighted by molar-refractivity contribution is 6.23. The van der Waals surface area contributed by atoms with Crippen molar-refractivity contribution < 1.29 is 28.7 Å². The molecule has 2 aromatic carbocycles. The lowest BCUT2D eigenvalue weighted by atomic mass is 10.2. The molecule has 9 heteroatoms. The van der Waals surface area contributed by atoms with E-state index < -0.39 is 29.7 Å². The Labute approximate surface area is 173 Å². The summed E-state index contributed by atoms with van der Waals surface area (Å²) < 4.78 is 10.4. The molecule has 156 valence electrons. The van der Waals surface area contributed by atoms with Crippen LogP contribution < -0.4 is 19.8 Å². The number of hydrogen-bond donors (Lipinski definition) is 1. The van der Waals surface area contributed by atoms with Crippen LogP contribution in [0.4, 0.5) is 5.69 Å². The Bertz CT molecular complexity index is 945. The number of amides is 4. The van der Waals surface area contributed by atoms with Crippen LogP contribution in [-0.2, 0) is 19.2 Å². The van der Waals surface area contributed by atoms with Gasteiger partial charge in [-0.15, -0.1) is 0 Å². The van der Waals surface area contributed by atoms with Gasteiger partial charge in [0.25, 0.3) is 11.8 Å². The van der Waals surface area contributed by atoms with Crippen LogP contribution in [0.3, 0.4) is 0 Å². The molecule has 1 heterocycles. The summed E-state index contributed by atoms with van der Waals surface area (Å²) in [6.45, 7) is 0.844. The Morgan fingerprint density at radius 1 is 1.07 bits per heavy atom. The number of methoxy groups -OCH3 is 1. The summed E-state index contributed by atoms with van der Waals surface area (Å²) >= 11 is 0. The lowest BCUT2D eigenvalue weighted by Crippen LogP contribution is -2.54. The first-order valence-corrected chi connectivity index (χ1v) is 9.18. The van der Waals surface area contributed by atoms with Gasteiger partial charge in [-0.25, -0.2) is 9.91 Å². The van der Waals surface area contributed by atoms with Crippen LogP contribution in [-0.4, -0.2) is 48.4 Å². The molecule has 0 radical (unpaired) electrons. The summed E-state index contributed by atoms with van der Waals surface area (Å²) in [4.78, 5) is 50.7. The number of para-hydroxylation sites is 1. The number of benzene rings is 2. The van der Waals surface area contributed by atoms with Gasteiger partial charge < -0.3 is 9.47 Å². The highest BCUT2D eigenvalue weighted by Crippen LogP contribution is 2.27. The molecule has 1 unspecified atom stereocenters. The molecule has 9 nitrogen and oxygen atoms in total. The Balaban J connectivity index is 1.69. The summed E-state index contributed by atoms with van der Waals surface area (Å²) in [6, 6.07) is 13.9. The SMILES string of the molecule is COc1ccc(N2C(=O)CC(N(NC(=O)COc3ccccc3)C(C)=O)C2=O)cc1. The molecule has 0 aromatic heterocycles. The minimum Gasteiger partial charge on any atom is -0.497 e. The normalized spacial score (nSPS) is 15.7. The highest BCUT2D eigenvalue weighted by atomic mass is 16.5. The summed E-state index contributed by atoms with van der Waals surface area (Å²) in [6.07, 6.45) is -0.246. The van der Waals surface area contributed by atoms with Gasteiger partial charge in [-0.2, -0.15) is 0 Å². The van der Waals surface area contributed by atoms with E-state index in [9.17, 15) is 19.2 Å². The van der Waals surface area contributed by atoms with Crippen LogP contribution in [0.2, 0.25) is 0 Å². The van der Waals surface area contributed by atoms with Crippen LogP contribution in [0, 0.1) is 0 Å². The maximum atomic E-state index is 12.9. The Morgan fingerprint density at radius 2 is 1.73 bits per heavy atom. The second-order valence-electron chi connectivity index (χ2n) is 6.51. The molecular formula is C21H21N3O6. The van der Waals surface area contributed by atoms with Crippen LogP contribution >= 0.6 is 0 Å². The van der Waals surface area contributed by atoms with Crippen LogP contribution in [0.1, 0.15) is 13.3 Å². The maximum absolute atomic E-state index is 12.9. The van der Waals surface area contributed by atoms with Crippen molar-refractivity contribution in [2.75, 3.05) is 18.6 Å². The van der Waals surface area contributed by atoms with Crippen molar-refractivity contribution in [2.24, 2.45) is 0 Å². The molecule has 1 aliphatic heterocycles. The van der Waals surface area contributed by atoms with Gasteiger partial charge in [0.05, 0.1) is 19.2 Å². The van der Waals surface area contributed by atoms with E-state index in [1.54, 1.807) is 48.5 Å². The molecule has 3 rings (SSSR count). The van der Waals surface area contributed by atoms with Gasteiger partial charge in [0.2, 0.25) is 11.8 Å². The van der Waals surface area contributed by atoms with Gasteiger partial charge in [-0.3, -0.25) is 24.6 Å². The summed E-state index contributed by atoms with van der Waals surface area (Å²) in [5.41, 5.74) is 2.73. The van der Waals surface area contributed by atoms with Crippen molar-refractivity contribution in [2.45, 2.75) is 19.4 Å². The van der Waals surface area contributed by atoms with Crippen molar-refractivity contribution in [1.82, 2.24) is 10.4 Å². The minimum absolute atomic E-state index is 0.246. The monoisotopic (exact) mass is 411 g/mol. The Kier molecular flexibility index (Phi) is 6.31. The van der Waals surface area contributed by atoms with E-state index in [1.165, 1.54) is 14.0 Å². The van der Waals surface area contributed by atoms with E-state index >= 15 is 0 Å². The molecular weight excluding hydrogens is 390 g/mol. The number of nitrogens with one attached hydrogen (secondary N) is 1. The second-order valence-corrected chi connectivity index (χ2v) is 6.51. The topological polar surface area (TPSA) is 105 Å². The summed E-state index contributed by atoms with van der Waals surface area (Å²) in [5.74, 6) is -1.23. The molecule has 1 N–H and O–H groups in total. The molecule has 0 saturated carbocycles. The summed E-state index contributed by atoms with van der Waals surface area (Å²) in [7, 11) is 1.51. The van der Waals surface area contributed by atoms with Gasteiger partial charge in [0.15, 0.2) is 6.61 Å². The number of nitrogens with zero attached hydrogens (tertiary/aromatic N) is 2. The number of carbonyl (C=O) groups excluding carboxylic acids is 4. The van der Waals surface area contributed by atoms with Gasteiger partial charge in [-0.1, -0.05) is 18.2 Å². The average molecular weight is 411 g/mol. The molecule has 1 fully saturated rings. The van der Waals surface area contributed by atoms with E-state index in [4.69, 9.17) is 9.47 Å². The Morgan fingerprint density at radius 3 is 2.33 bits per heavy atom. The van der Waals surface area contributed by atoms with Crippen molar-refractivity contribution in [3.63, 3.8) is 0 Å². The van der Waals surface area contributed by atoms with Crippen molar-refractivity contribution in [1.29, 1.82) is 0 Å². The lowest BCUT2D eigenvalue weighted by Gasteiger charge is -2.26. The second kappa shape index (κ2) is 9.08. The van der Waals surface area contributed by atoms with Crippen molar-refractivity contribution in [3.05, 3.63) is 54.6 Å². The van der Waals surface area contributed by atoms with Gasteiger partial charge in [0.1, 0.15) is 17.5 Å². The molecule has 1 saturated heterocycles. The Hall–Kier alpha value is -3.88. The van der Waals surface area contributed by atoms with E-state index in [1.807, 2.05) is 6.07 Å². The first-order chi connectivity index (χ1) is 14.4. The van der Waals surface area contributed by atoms with Crippen molar-refractivity contribution in [3.8, 4) is 11.5 Å². The van der Waals surface area contributed by atoms with E-state index in [-0.39, 0.29) is 13.0 Å². The largest absolute Gasteiger partial charge is 0.497 e. The number of imide groups is 1. The fraction of sp³-hybridized carbons (Fsp3) is 0.238. The fourth-order valence-electron chi connectivity index (χ4n) is 3.03. The maximum Gasteiger partial charge on any atom is 0.276 e. The number of rotatable bonds is 6. The van der Waals surface area contributed by atoms with E-state index in [0.717, 1.165) is 9.91 Å². The quantitative estimate of drug-likeness (QED) is 0.567. The van der Waals surface area contributed by atoms with E-state index in [2.05, 4.69) is 5.43 Å². The lowest BCUT2D eigenvalue weighted by molar-refractivity contribution is -0.146. The van der Waals surface area contributed by atoms with Gasteiger partial charge in [-0.05, 0) is 36.4 Å². The minimum atomic E-state index is -1.14. The average Bonchev–Trinajstić information content (AvgIpc) is 3.04. The molecule has 30 heavy (non-hydrogen) atoms. The highest BCUT2D eigenvalue weighted by Gasteiger charge is 2.44. The van der Waals surface area contributed by atoms with Gasteiger partial charge >= 0.3 is 0 Å². The van der Waals surface area contributed by atoms with Crippen LogP contribution in [0.25, 0.3) is 0 Å². The van der Waals surface area contributed by atoms with Crippen molar-refractivity contribution >= 4 is 29.3 Å². The van der Waals surface area contributed by atoms with Crippen LogP contribution in [0.15, 0.2) is 54.6 Å². The standard InChI is InChI=1S/C21H21N3O6/c1-14(25)24(22-19(26)13-30-17-6-4-3-5-7-17)18-12-20(27)23(21(18)28)15-8-10-16(29-2)11-9-15/h3-11,18H,12-13H2,1-2H3,(H,22,26). The zero-order valence-corrected chi connectivity index (χ0v) is 16.5. The number of anilines is 1. The summed E-state index contributed by atoms with van der Waals surface area (Å²) in [5, 5.41) is 0.875. The number of hydrogen-bond acceptors (Lipinski definition) is 6. The molecule has 0 bridgehead atoms. The number of hydrazine groups is 1. The molecule has 1 atom stereocenters. The zero-order chi connectivity index (χ0) is 21.7. The fourth-order valence-corrected chi connectivity index (χ4v) is 3.03. The number of ether oxygens (including phenoxy) is 2. The first-order valence-electron chi connectivity index (χ1n) is 9.18. The third-order valence-corrected chi connectivity index (χ3v) is 4.46. The van der Waals surface area contributed by atoms with Gasteiger partial charge in [0, 0.05) is 6.92 Å². The molecule has 0 aliphatic carbocycles. The molecule has 4 amide bonds. The molecule has 2 aromatic rings. The van der Waals surface area contributed by atoms with E-state index in [0.29, 0.717) is 17.2 Å². The predicted octanol–water partition coefficient (Wildman–Crippen LogP) is 1.29. The van der Waals surface area contributed by atoms with Crippen LogP contribution in [0.5, 0.6) is 11.5 Å². The number of carbonyl (C=O) groups is 4. The molecule has 1 aliphatic rings. The first kappa shape index (κ1) is 20.8. The smallest absolute Gasteiger partial charge is 0.276 e.